The number of nitrogens with zero attached hydrogens (tertiary/aromatic N) is 1. The van der Waals surface area contributed by atoms with Crippen molar-refractivity contribution in [3.8, 4) is 16.9 Å². The molecule has 0 atom stereocenters. The van der Waals surface area contributed by atoms with Crippen LogP contribution < -0.4 is 10.5 Å². The zero-order valence-electron chi connectivity index (χ0n) is 11.1. The molecule has 0 unspecified atom stereocenters. The highest BCUT2D eigenvalue weighted by atomic mass is 19.1. The van der Waals surface area contributed by atoms with Gasteiger partial charge in [-0.15, -0.1) is 0 Å². The molecule has 3 nitrogen and oxygen atoms in total. The quantitative estimate of drug-likeness (QED) is 0.855. The Bertz CT molecular complexity index is 584. The molecule has 1 aromatic carbocycles. The Morgan fingerprint density at radius 1 is 1.26 bits per heavy atom. The van der Waals surface area contributed by atoms with Crippen LogP contribution >= 0.6 is 0 Å². The molecule has 100 valence electrons. The number of ether oxygens (including phenoxy) is 1. The van der Waals surface area contributed by atoms with Crippen LogP contribution in [-0.2, 0) is 0 Å². The lowest BCUT2D eigenvalue weighted by Gasteiger charge is -2.09. The van der Waals surface area contributed by atoms with E-state index in [2.05, 4.69) is 4.98 Å². The molecule has 2 aromatic rings. The van der Waals surface area contributed by atoms with Gasteiger partial charge in [0.2, 0.25) is 0 Å². The van der Waals surface area contributed by atoms with Gasteiger partial charge in [0.1, 0.15) is 11.6 Å². The zero-order chi connectivity index (χ0) is 13.8. The summed E-state index contributed by atoms with van der Waals surface area (Å²) >= 11 is 0. The van der Waals surface area contributed by atoms with Crippen molar-refractivity contribution in [2.45, 2.75) is 20.3 Å². The highest BCUT2D eigenvalue weighted by molar-refractivity contribution is 5.69. The van der Waals surface area contributed by atoms with Crippen LogP contribution in [0.25, 0.3) is 11.1 Å². The number of pyridine rings is 1. The molecule has 4 heteroatoms. The van der Waals surface area contributed by atoms with Crippen molar-refractivity contribution in [1.29, 1.82) is 0 Å². The number of anilines is 1. The summed E-state index contributed by atoms with van der Waals surface area (Å²) in [6.07, 6.45) is 4.14. The maximum atomic E-state index is 14.0. The second kappa shape index (κ2) is 5.69. The van der Waals surface area contributed by atoms with Gasteiger partial charge in [-0.25, -0.2) is 4.39 Å². The second-order valence-corrected chi connectivity index (χ2v) is 4.45. The Balaban J connectivity index is 2.38. The Morgan fingerprint density at radius 2 is 2.05 bits per heavy atom. The third-order valence-corrected chi connectivity index (χ3v) is 2.85. The predicted octanol–water partition coefficient (Wildman–Crippen LogP) is 3.57. The molecule has 0 aliphatic carbocycles. The van der Waals surface area contributed by atoms with Crippen molar-refractivity contribution >= 4 is 5.69 Å². The molecule has 0 saturated carbocycles. The summed E-state index contributed by atoms with van der Waals surface area (Å²) in [6, 6.07) is 4.84. The number of aromatic nitrogens is 1. The fourth-order valence-corrected chi connectivity index (χ4v) is 1.78. The molecule has 0 fully saturated rings. The van der Waals surface area contributed by atoms with Gasteiger partial charge in [-0.05, 0) is 37.1 Å². The molecular weight excluding hydrogens is 243 g/mol. The van der Waals surface area contributed by atoms with Crippen molar-refractivity contribution in [3.05, 3.63) is 42.0 Å². The molecule has 0 bridgehead atoms. The van der Waals surface area contributed by atoms with E-state index in [0.717, 1.165) is 12.0 Å². The molecule has 0 amide bonds. The normalized spacial score (nSPS) is 10.5. The minimum atomic E-state index is -0.304. The molecule has 0 spiro atoms. The van der Waals surface area contributed by atoms with Crippen molar-refractivity contribution in [3.63, 3.8) is 0 Å². The van der Waals surface area contributed by atoms with E-state index >= 15 is 0 Å². The molecule has 1 heterocycles. The van der Waals surface area contributed by atoms with Crippen LogP contribution in [0.5, 0.6) is 5.75 Å². The van der Waals surface area contributed by atoms with Gasteiger partial charge in [0.05, 0.1) is 12.8 Å². The number of benzene rings is 1. The molecule has 0 radical (unpaired) electrons. The van der Waals surface area contributed by atoms with E-state index in [-0.39, 0.29) is 5.82 Å². The SMILES string of the molecule is CCCOc1cncc(-c2cc(N)c(C)cc2F)c1. The van der Waals surface area contributed by atoms with Gasteiger partial charge in [-0.1, -0.05) is 6.92 Å². The van der Waals surface area contributed by atoms with Crippen LogP contribution in [0, 0.1) is 12.7 Å². The van der Waals surface area contributed by atoms with Gasteiger partial charge in [0.15, 0.2) is 0 Å². The average molecular weight is 260 g/mol. The van der Waals surface area contributed by atoms with Crippen LogP contribution in [0.2, 0.25) is 0 Å². The number of nitrogen functional groups attached to an aromatic ring is 1. The average Bonchev–Trinajstić information content (AvgIpc) is 2.41. The molecule has 1 aromatic heterocycles. The van der Waals surface area contributed by atoms with E-state index in [9.17, 15) is 4.39 Å². The van der Waals surface area contributed by atoms with Crippen molar-refractivity contribution in [2.24, 2.45) is 0 Å². The molecule has 0 aliphatic heterocycles. The van der Waals surface area contributed by atoms with Gasteiger partial charge >= 0.3 is 0 Å². The second-order valence-electron chi connectivity index (χ2n) is 4.45. The Hall–Kier alpha value is -2.10. The number of hydrogen-bond acceptors (Lipinski definition) is 3. The maximum Gasteiger partial charge on any atom is 0.138 e. The molecule has 19 heavy (non-hydrogen) atoms. The summed E-state index contributed by atoms with van der Waals surface area (Å²) in [5.74, 6) is 0.332. The lowest BCUT2D eigenvalue weighted by atomic mass is 10.0. The first-order valence-corrected chi connectivity index (χ1v) is 6.25. The van der Waals surface area contributed by atoms with Gasteiger partial charge in [0, 0.05) is 23.0 Å². The fourth-order valence-electron chi connectivity index (χ4n) is 1.78. The van der Waals surface area contributed by atoms with Crippen LogP contribution in [0.4, 0.5) is 10.1 Å². The molecule has 2 rings (SSSR count). The molecule has 0 aliphatic rings. The highest BCUT2D eigenvalue weighted by Gasteiger charge is 2.09. The largest absolute Gasteiger partial charge is 0.492 e. The third kappa shape index (κ3) is 3.02. The molecule has 2 N–H and O–H groups in total. The van der Waals surface area contributed by atoms with Crippen LogP contribution in [-0.4, -0.2) is 11.6 Å². The van der Waals surface area contributed by atoms with Crippen LogP contribution in [0.1, 0.15) is 18.9 Å². The van der Waals surface area contributed by atoms with Crippen molar-refractivity contribution in [1.82, 2.24) is 4.98 Å². The first kappa shape index (κ1) is 13.3. The molecular formula is C15H17FN2O. The van der Waals surface area contributed by atoms with Gasteiger partial charge in [-0.3, -0.25) is 4.98 Å². The minimum absolute atomic E-state index is 0.304. The van der Waals surface area contributed by atoms with Crippen LogP contribution in [0.15, 0.2) is 30.6 Å². The summed E-state index contributed by atoms with van der Waals surface area (Å²) in [6.45, 7) is 4.42. The van der Waals surface area contributed by atoms with E-state index in [0.29, 0.717) is 29.2 Å². The smallest absolute Gasteiger partial charge is 0.138 e. The van der Waals surface area contributed by atoms with Crippen LogP contribution in [0.3, 0.4) is 0 Å². The summed E-state index contributed by atoms with van der Waals surface area (Å²) in [5, 5.41) is 0. The predicted molar refractivity (Wildman–Crippen MR) is 74.6 cm³/mol. The van der Waals surface area contributed by atoms with E-state index in [1.54, 1.807) is 31.5 Å². The first-order valence-electron chi connectivity index (χ1n) is 6.25. The number of aryl methyl sites for hydroxylation is 1. The van der Waals surface area contributed by atoms with Gasteiger partial charge in [0.25, 0.3) is 0 Å². The van der Waals surface area contributed by atoms with E-state index in [1.807, 2.05) is 6.92 Å². The lowest BCUT2D eigenvalue weighted by molar-refractivity contribution is 0.316. The summed E-state index contributed by atoms with van der Waals surface area (Å²) in [5.41, 5.74) is 8.23. The monoisotopic (exact) mass is 260 g/mol. The fraction of sp³-hybridized carbons (Fsp3) is 0.267. The van der Waals surface area contributed by atoms with Gasteiger partial charge < -0.3 is 10.5 Å². The van der Waals surface area contributed by atoms with E-state index in [1.165, 1.54) is 6.07 Å². The summed E-state index contributed by atoms with van der Waals surface area (Å²) in [7, 11) is 0. The first-order chi connectivity index (χ1) is 9.11. The molecule has 0 saturated heterocycles. The number of rotatable bonds is 4. The van der Waals surface area contributed by atoms with E-state index < -0.39 is 0 Å². The maximum absolute atomic E-state index is 14.0. The van der Waals surface area contributed by atoms with Gasteiger partial charge in [-0.2, -0.15) is 0 Å². The number of nitrogens with two attached hydrogens (primary N) is 1. The topological polar surface area (TPSA) is 48.1 Å². The Kier molecular flexibility index (Phi) is 4.00. The van der Waals surface area contributed by atoms with Crippen molar-refractivity contribution < 1.29 is 9.13 Å². The third-order valence-electron chi connectivity index (χ3n) is 2.85. The van der Waals surface area contributed by atoms with Crippen molar-refractivity contribution in [2.75, 3.05) is 12.3 Å². The minimum Gasteiger partial charge on any atom is -0.492 e. The van der Waals surface area contributed by atoms with E-state index in [4.69, 9.17) is 10.5 Å². The summed E-state index contributed by atoms with van der Waals surface area (Å²) in [4.78, 5) is 4.07. The number of hydrogen-bond donors (Lipinski definition) is 1. The highest BCUT2D eigenvalue weighted by Crippen LogP contribution is 2.28. The lowest BCUT2D eigenvalue weighted by Crippen LogP contribution is -1.97. The summed E-state index contributed by atoms with van der Waals surface area (Å²) < 4.78 is 19.5. The standard InChI is InChI=1S/C15H17FN2O/c1-3-4-19-12-6-11(8-18-9-12)13-7-15(17)10(2)5-14(13)16/h5-9H,3-4,17H2,1-2H3. The number of halogens is 1. The Labute approximate surface area is 112 Å². The zero-order valence-corrected chi connectivity index (χ0v) is 11.1. The Morgan fingerprint density at radius 3 is 2.79 bits per heavy atom.